The number of nitrogens with zero attached hydrogens (tertiary/aromatic N) is 5. The van der Waals surface area contributed by atoms with Crippen LogP contribution >= 0.6 is 0 Å². The normalized spacial score (nSPS) is 13.5. The van der Waals surface area contributed by atoms with Gasteiger partial charge < -0.3 is 24.6 Å². The molecule has 1 amide bonds. The van der Waals surface area contributed by atoms with E-state index in [0.717, 1.165) is 66.7 Å². The molecule has 8 heteroatoms. The van der Waals surface area contributed by atoms with Gasteiger partial charge in [0.1, 0.15) is 11.5 Å². The number of hydrogen-bond donors (Lipinski definition) is 1. The van der Waals surface area contributed by atoms with E-state index in [4.69, 9.17) is 4.98 Å². The Labute approximate surface area is 248 Å². The second-order valence-corrected chi connectivity index (χ2v) is 11.3. The molecule has 0 unspecified atom stereocenters. The molecular weight excluding hydrogens is 524 g/mol. The lowest BCUT2D eigenvalue weighted by molar-refractivity contribution is -0.112. The zero-order chi connectivity index (χ0) is 29.8. The minimum atomic E-state index is -0.640. The molecule has 0 radical (unpaired) electrons. The van der Waals surface area contributed by atoms with Crippen LogP contribution < -0.4 is 15.1 Å². The SMILES string of the molecule is Cc1cc(C)nc(N2CCN(c3ccc(NC(=O)C(=O)c4c(-c5ccccc5)cc(C)n4CCN(C)C)cc3)CC2)c1. The number of rotatable bonds is 9. The van der Waals surface area contributed by atoms with E-state index >= 15 is 0 Å². The Hall–Kier alpha value is -4.43. The van der Waals surface area contributed by atoms with Crippen LogP contribution in [0.2, 0.25) is 0 Å². The molecule has 0 bridgehead atoms. The molecule has 0 spiro atoms. The topological polar surface area (TPSA) is 73.7 Å². The lowest BCUT2D eigenvalue weighted by Crippen LogP contribution is -2.46. The first-order chi connectivity index (χ1) is 20.2. The Morgan fingerprint density at radius 1 is 0.857 bits per heavy atom. The molecule has 3 heterocycles. The lowest BCUT2D eigenvalue weighted by atomic mass is 10.0. The molecule has 5 rings (SSSR count). The molecule has 8 nitrogen and oxygen atoms in total. The standard InChI is InChI=1S/C34H40N6O2/c1-24-21-25(2)35-31(22-24)39-18-16-38(17-19-39)29-13-11-28(12-14-29)36-34(42)33(41)32-30(27-9-7-6-8-10-27)23-26(3)40(32)20-15-37(4)5/h6-14,21-23H,15-20H2,1-5H3,(H,36,42). The number of aryl methyl sites for hydroxylation is 3. The summed E-state index contributed by atoms with van der Waals surface area (Å²) in [5.41, 5.74) is 7.01. The van der Waals surface area contributed by atoms with Gasteiger partial charge in [-0.05, 0) is 88.5 Å². The van der Waals surface area contributed by atoms with Crippen LogP contribution in [-0.2, 0) is 11.3 Å². The van der Waals surface area contributed by atoms with Crippen molar-refractivity contribution in [2.75, 3.05) is 61.9 Å². The number of ketones is 1. The fourth-order valence-electron chi connectivity index (χ4n) is 5.57. The van der Waals surface area contributed by atoms with E-state index in [9.17, 15) is 9.59 Å². The highest BCUT2D eigenvalue weighted by molar-refractivity contribution is 6.47. The number of piperazine rings is 1. The Morgan fingerprint density at radius 2 is 1.52 bits per heavy atom. The second-order valence-electron chi connectivity index (χ2n) is 11.3. The first kappa shape index (κ1) is 29.1. The number of amides is 1. The molecule has 218 valence electrons. The summed E-state index contributed by atoms with van der Waals surface area (Å²) < 4.78 is 1.96. The molecule has 0 aliphatic carbocycles. The van der Waals surface area contributed by atoms with Gasteiger partial charge in [-0.2, -0.15) is 0 Å². The summed E-state index contributed by atoms with van der Waals surface area (Å²) in [4.78, 5) is 38.4. The molecular formula is C34H40N6O2. The molecule has 1 saturated heterocycles. The van der Waals surface area contributed by atoms with E-state index in [1.807, 2.05) is 93.2 Å². The number of Topliss-reactive ketones (excluding diaryl/α,β-unsaturated/α-hetero) is 1. The van der Waals surface area contributed by atoms with Crippen LogP contribution in [0.3, 0.4) is 0 Å². The van der Waals surface area contributed by atoms with Crippen molar-refractivity contribution in [2.45, 2.75) is 27.3 Å². The van der Waals surface area contributed by atoms with E-state index in [0.29, 0.717) is 17.9 Å². The average molecular weight is 565 g/mol. The Kier molecular flexibility index (Phi) is 8.73. The van der Waals surface area contributed by atoms with Gasteiger partial charge in [-0.25, -0.2) is 4.98 Å². The smallest absolute Gasteiger partial charge is 0.298 e. The maximum absolute atomic E-state index is 13.7. The quantitative estimate of drug-likeness (QED) is 0.223. The molecule has 2 aromatic heterocycles. The predicted octanol–water partition coefficient (Wildman–Crippen LogP) is 5.18. The van der Waals surface area contributed by atoms with Gasteiger partial charge in [0.05, 0.1) is 0 Å². The fourth-order valence-corrected chi connectivity index (χ4v) is 5.57. The van der Waals surface area contributed by atoms with E-state index in [1.54, 1.807) is 0 Å². The van der Waals surface area contributed by atoms with Crippen molar-refractivity contribution in [2.24, 2.45) is 0 Å². The summed E-state index contributed by atoms with van der Waals surface area (Å²) in [5.74, 6) is -0.145. The number of carbonyl (C=O) groups is 2. The minimum Gasteiger partial charge on any atom is -0.368 e. The van der Waals surface area contributed by atoms with Crippen LogP contribution in [0, 0.1) is 20.8 Å². The number of benzene rings is 2. The van der Waals surface area contributed by atoms with E-state index in [1.165, 1.54) is 5.56 Å². The molecule has 2 aromatic carbocycles. The van der Waals surface area contributed by atoms with Crippen molar-refractivity contribution < 1.29 is 9.59 Å². The number of carbonyl (C=O) groups excluding carboxylic acids is 2. The molecule has 1 N–H and O–H groups in total. The van der Waals surface area contributed by atoms with Crippen LogP contribution in [0.4, 0.5) is 17.2 Å². The predicted molar refractivity (Wildman–Crippen MR) is 171 cm³/mol. The van der Waals surface area contributed by atoms with Gasteiger partial charge in [-0.3, -0.25) is 9.59 Å². The maximum Gasteiger partial charge on any atom is 0.298 e. The zero-order valence-corrected chi connectivity index (χ0v) is 25.2. The maximum atomic E-state index is 13.7. The van der Waals surface area contributed by atoms with Crippen LogP contribution in [0.5, 0.6) is 0 Å². The Bertz CT molecular complexity index is 1530. The monoisotopic (exact) mass is 564 g/mol. The van der Waals surface area contributed by atoms with Gasteiger partial charge in [0.25, 0.3) is 11.7 Å². The highest BCUT2D eigenvalue weighted by Gasteiger charge is 2.26. The number of pyridine rings is 1. The number of aromatic nitrogens is 2. The number of nitrogens with one attached hydrogen (secondary N) is 1. The summed E-state index contributed by atoms with van der Waals surface area (Å²) in [6.07, 6.45) is 0. The molecule has 1 fully saturated rings. The summed E-state index contributed by atoms with van der Waals surface area (Å²) in [7, 11) is 3.99. The third-order valence-electron chi connectivity index (χ3n) is 7.76. The molecule has 1 aliphatic heterocycles. The van der Waals surface area contributed by atoms with Crippen molar-refractivity contribution >= 4 is 28.9 Å². The average Bonchev–Trinajstić information content (AvgIpc) is 3.31. The van der Waals surface area contributed by atoms with E-state index in [-0.39, 0.29) is 0 Å². The molecule has 42 heavy (non-hydrogen) atoms. The zero-order valence-electron chi connectivity index (χ0n) is 25.2. The van der Waals surface area contributed by atoms with Crippen molar-refractivity contribution in [1.82, 2.24) is 14.5 Å². The summed E-state index contributed by atoms with van der Waals surface area (Å²) in [5, 5.41) is 2.84. The van der Waals surface area contributed by atoms with Crippen LogP contribution in [0.25, 0.3) is 11.1 Å². The molecule has 4 aromatic rings. The van der Waals surface area contributed by atoms with E-state index in [2.05, 4.69) is 39.1 Å². The van der Waals surface area contributed by atoms with Crippen molar-refractivity contribution in [1.29, 1.82) is 0 Å². The summed E-state index contributed by atoms with van der Waals surface area (Å²) >= 11 is 0. The number of likely N-dealkylation sites (N-methyl/N-ethyl adjacent to an activating group) is 1. The largest absolute Gasteiger partial charge is 0.368 e. The Balaban J connectivity index is 1.27. The highest BCUT2D eigenvalue weighted by Crippen LogP contribution is 2.29. The van der Waals surface area contributed by atoms with Crippen molar-refractivity contribution in [3.05, 3.63) is 95.4 Å². The van der Waals surface area contributed by atoms with Gasteiger partial charge in [-0.15, -0.1) is 0 Å². The van der Waals surface area contributed by atoms with Gasteiger partial charge >= 0.3 is 0 Å². The molecule has 1 aliphatic rings. The third-order valence-corrected chi connectivity index (χ3v) is 7.76. The fraction of sp³-hybridized carbons (Fsp3) is 0.324. The van der Waals surface area contributed by atoms with Crippen LogP contribution in [0.15, 0.2) is 72.8 Å². The van der Waals surface area contributed by atoms with Crippen molar-refractivity contribution in [3.63, 3.8) is 0 Å². The van der Waals surface area contributed by atoms with Crippen LogP contribution in [0.1, 0.15) is 27.4 Å². The lowest BCUT2D eigenvalue weighted by Gasteiger charge is -2.37. The molecule has 0 saturated carbocycles. The van der Waals surface area contributed by atoms with Gasteiger partial charge in [0.2, 0.25) is 0 Å². The minimum absolute atomic E-state index is 0.422. The highest BCUT2D eigenvalue weighted by atomic mass is 16.2. The number of anilines is 3. The summed E-state index contributed by atoms with van der Waals surface area (Å²) in [6, 6.07) is 23.7. The Morgan fingerprint density at radius 3 is 2.17 bits per heavy atom. The van der Waals surface area contributed by atoms with Gasteiger partial charge in [0, 0.05) is 67.6 Å². The third kappa shape index (κ3) is 6.55. The summed E-state index contributed by atoms with van der Waals surface area (Å²) in [6.45, 7) is 11.0. The number of hydrogen-bond acceptors (Lipinski definition) is 6. The van der Waals surface area contributed by atoms with Crippen LogP contribution in [-0.4, -0.2) is 73.0 Å². The second kappa shape index (κ2) is 12.6. The first-order valence-corrected chi connectivity index (χ1v) is 14.5. The van der Waals surface area contributed by atoms with Crippen molar-refractivity contribution in [3.8, 4) is 11.1 Å². The van der Waals surface area contributed by atoms with Gasteiger partial charge in [0.15, 0.2) is 0 Å². The van der Waals surface area contributed by atoms with Gasteiger partial charge in [-0.1, -0.05) is 30.3 Å². The molecule has 0 atom stereocenters. The first-order valence-electron chi connectivity index (χ1n) is 14.5. The van der Waals surface area contributed by atoms with E-state index < -0.39 is 11.7 Å².